The number of nitrogens with one attached hydrogen (secondary N) is 1. The van der Waals surface area contributed by atoms with Gasteiger partial charge in [0.25, 0.3) is 5.95 Å². The van der Waals surface area contributed by atoms with Gasteiger partial charge < -0.3 is 24.0 Å². The Hall–Kier alpha value is -4.56. The zero-order chi connectivity index (χ0) is 28.6. The summed E-state index contributed by atoms with van der Waals surface area (Å²) in [6.07, 6.45) is 4.18. The third-order valence-electron chi connectivity index (χ3n) is 6.68. The third-order valence-corrected chi connectivity index (χ3v) is 7.15. The molecular formula is C27H28N8O5S. The van der Waals surface area contributed by atoms with Crippen molar-refractivity contribution in [2.75, 3.05) is 42.8 Å². The number of rotatable bonds is 6. The Kier molecular flexibility index (Phi) is 7.01. The highest BCUT2D eigenvalue weighted by Gasteiger charge is 2.32. The van der Waals surface area contributed by atoms with Crippen molar-refractivity contribution in [1.82, 2.24) is 29.6 Å². The SMILES string of the molecule is Cc1cccc(-c2cc(OS(C)(=O)=O)n(-c3nc4c(c(N5CCOCC5)n3)CN(C(=O)Nc3cccnc3)C4)n2)c1. The smallest absolute Gasteiger partial charge is 0.322 e. The number of aromatic nitrogens is 5. The lowest BCUT2D eigenvalue weighted by atomic mass is 10.1. The fraction of sp³-hybridized carbons (Fsp3) is 0.296. The van der Waals surface area contributed by atoms with E-state index >= 15 is 0 Å². The maximum Gasteiger partial charge on any atom is 0.322 e. The molecule has 13 nitrogen and oxygen atoms in total. The number of morpholine rings is 1. The summed E-state index contributed by atoms with van der Waals surface area (Å²) in [5.74, 6) is 0.737. The zero-order valence-corrected chi connectivity index (χ0v) is 23.3. The number of hydrogen-bond acceptors (Lipinski definition) is 10. The van der Waals surface area contributed by atoms with Crippen molar-refractivity contribution in [2.24, 2.45) is 0 Å². The molecule has 0 unspecified atom stereocenters. The number of carbonyl (C=O) groups is 1. The van der Waals surface area contributed by atoms with Crippen LogP contribution < -0.4 is 14.4 Å². The summed E-state index contributed by atoms with van der Waals surface area (Å²) >= 11 is 0. The molecule has 0 atom stereocenters. The minimum Gasteiger partial charge on any atom is -0.378 e. The van der Waals surface area contributed by atoms with E-state index in [1.54, 1.807) is 35.5 Å². The van der Waals surface area contributed by atoms with Crippen molar-refractivity contribution in [3.63, 3.8) is 0 Å². The fourth-order valence-electron chi connectivity index (χ4n) is 4.81. The lowest BCUT2D eigenvalue weighted by Crippen LogP contribution is -2.38. The van der Waals surface area contributed by atoms with Crippen LogP contribution in [-0.4, -0.2) is 76.6 Å². The van der Waals surface area contributed by atoms with Gasteiger partial charge in [-0.15, -0.1) is 0 Å². The predicted molar refractivity (Wildman–Crippen MR) is 150 cm³/mol. The van der Waals surface area contributed by atoms with E-state index in [1.807, 2.05) is 31.2 Å². The molecule has 4 aromatic rings. The van der Waals surface area contributed by atoms with Crippen LogP contribution in [-0.2, 0) is 27.9 Å². The molecule has 2 amide bonds. The first-order valence-electron chi connectivity index (χ1n) is 13.0. The van der Waals surface area contributed by atoms with Gasteiger partial charge in [0.2, 0.25) is 5.88 Å². The van der Waals surface area contributed by atoms with Crippen LogP contribution in [0.1, 0.15) is 16.8 Å². The molecule has 1 N–H and O–H groups in total. The highest BCUT2D eigenvalue weighted by atomic mass is 32.2. The first kappa shape index (κ1) is 26.7. The number of nitrogens with zero attached hydrogens (tertiary/aromatic N) is 7. The highest BCUT2D eigenvalue weighted by molar-refractivity contribution is 7.86. The molecular weight excluding hydrogens is 548 g/mol. The van der Waals surface area contributed by atoms with Crippen molar-refractivity contribution >= 4 is 27.7 Å². The normalized spacial score (nSPS) is 15.1. The van der Waals surface area contributed by atoms with E-state index in [9.17, 15) is 13.2 Å². The van der Waals surface area contributed by atoms with E-state index in [1.165, 1.54) is 4.68 Å². The molecule has 0 radical (unpaired) electrons. The number of amides is 2. The first-order chi connectivity index (χ1) is 19.7. The van der Waals surface area contributed by atoms with Crippen LogP contribution in [0.4, 0.5) is 16.3 Å². The van der Waals surface area contributed by atoms with Crippen molar-refractivity contribution in [2.45, 2.75) is 20.0 Å². The third kappa shape index (κ3) is 5.83. The molecule has 2 aliphatic heterocycles. The summed E-state index contributed by atoms with van der Waals surface area (Å²) in [5, 5.41) is 7.52. The molecule has 6 rings (SSSR count). The number of urea groups is 1. The van der Waals surface area contributed by atoms with E-state index in [0.717, 1.165) is 22.9 Å². The molecule has 0 spiro atoms. The quantitative estimate of drug-likeness (QED) is 0.340. The second kappa shape index (κ2) is 10.8. The number of pyridine rings is 1. The second-order valence-electron chi connectivity index (χ2n) is 9.84. The summed E-state index contributed by atoms with van der Waals surface area (Å²) in [4.78, 5) is 30.5. The molecule has 14 heteroatoms. The van der Waals surface area contributed by atoms with Crippen LogP contribution in [0.3, 0.4) is 0 Å². The van der Waals surface area contributed by atoms with Gasteiger partial charge in [-0.2, -0.15) is 23.2 Å². The number of carbonyl (C=O) groups excluding carboxylic acids is 1. The van der Waals surface area contributed by atoms with Gasteiger partial charge in [-0.3, -0.25) is 4.98 Å². The van der Waals surface area contributed by atoms with E-state index < -0.39 is 10.1 Å². The number of aryl methyl sites for hydroxylation is 1. The minimum atomic E-state index is -3.89. The Balaban J connectivity index is 1.41. The Morgan fingerprint density at radius 1 is 1.07 bits per heavy atom. The molecule has 41 heavy (non-hydrogen) atoms. The lowest BCUT2D eigenvalue weighted by Gasteiger charge is -2.29. The molecule has 3 aromatic heterocycles. The summed E-state index contributed by atoms with van der Waals surface area (Å²) in [7, 11) is -3.89. The van der Waals surface area contributed by atoms with E-state index in [0.29, 0.717) is 55.7 Å². The molecule has 212 valence electrons. The molecule has 0 saturated carbocycles. The van der Waals surface area contributed by atoms with Crippen molar-refractivity contribution in [3.8, 4) is 23.1 Å². The summed E-state index contributed by atoms with van der Waals surface area (Å²) in [5.41, 5.74) is 4.34. The van der Waals surface area contributed by atoms with Crippen LogP contribution in [0.5, 0.6) is 5.88 Å². The topological polar surface area (TPSA) is 145 Å². The van der Waals surface area contributed by atoms with Gasteiger partial charge >= 0.3 is 16.1 Å². The molecule has 1 saturated heterocycles. The average molecular weight is 577 g/mol. The molecule has 2 aliphatic rings. The summed E-state index contributed by atoms with van der Waals surface area (Å²) in [6, 6.07) is 12.4. The average Bonchev–Trinajstić information content (AvgIpc) is 3.57. The summed E-state index contributed by atoms with van der Waals surface area (Å²) in [6.45, 7) is 4.75. The Morgan fingerprint density at radius 2 is 1.90 bits per heavy atom. The monoisotopic (exact) mass is 576 g/mol. The molecule has 1 fully saturated rings. The van der Waals surface area contributed by atoms with Gasteiger partial charge in [0, 0.05) is 36.5 Å². The molecule has 0 aliphatic carbocycles. The van der Waals surface area contributed by atoms with Crippen LogP contribution >= 0.6 is 0 Å². The van der Waals surface area contributed by atoms with Crippen molar-refractivity contribution < 1.29 is 22.1 Å². The van der Waals surface area contributed by atoms with E-state index in [4.69, 9.17) is 18.9 Å². The standard InChI is InChI=1S/C27H28N8O5S/c1-18-5-3-6-19(13-18)22-14-24(40-41(2,37)38)35(32-22)26-30-23-17-34(27(36)29-20-7-4-8-28-15-20)16-21(23)25(31-26)33-9-11-39-12-10-33/h3-8,13-15H,9-12,16-17H2,1-2H3,(H,29,36). The number of ether oxygens (including phenoxy) is 1. The largest absolute Gasteiger partial charge is 0.378 e. The van der Waals surface area contributed by atoms with Gasteiger partial charge in [0.05, 0.1) is 55.8 Å². The number of fused-ring (bicyclic) bond motifs is 1. The van der Waals surface area contributed by atoms with Gasteiger partial charge in [0.15, 0.2) is 0 Å². The van der Waals surface area contributed by atoms with E-state index in [2.05, 4.69) is 20.3 Å². The van der Waals surface area contributed by atoms with Crippen LogP contribution in [0.15, 0.2) is 54.9 Å². The number of hydrogen-bond donors (Lipinski definition) is 1. The number of benzene rings is 1. The van der Waals surface area contributed by atoms with Crippen LogP contribution in [0.2, 0.25) is 0 Å². The van der Waals surface area contributed by atoms with Gasteiger partial charge in [-0.25, -0.2) is 9.78 Å². The minimum absolute atomic E-state index is 0.0407. The maximum absolute atomic E-state index is 13.1. The van der Waals surface area contributed by atoms with Crippen molar-refractivity contribution in [1.29, 1.82) is 0 Å². The van der Waals surface area contributed by atoms with Crippen LogP contribution in [0, 0.1) is 6.92 Å². The Morgan fingerprint density at radius 3 is 2.63 bits per heavy atom. The first-order valence-corrected chi connectivity index (χ1v) is 14.8. The van der Waals surface area contributed by atoms with Crippen LogP contribution in [0.25, 0.3) is 17.2 Å². The van der Waals surface area contributed by atoms with Gasteiger partial charge in [-0.05, 0) is 25.1 Å². The maximum atomic E-state index is 13.1. The van der Waals surface area contributed by atoms with Crippen molar-refractivity contribution in [3.05, 3.63) is 71.7 Å². The van der Waals surface area contributed by atoms with E-state index in [-0.39, 0.29) is 24.4 Å². The number of anilines is 2. The Bertz CT molecular complexity index is 1700. The fourth-order valence-corrected chi connectivity index (χ4v) is 5.24. The molecule has 5 heterocycles. The second-order valence-corrected chi connectivity index (χ2v) is 11.4. The molecule has 0 bridgehead atoms. The Labute approximate surface area is 236 Å². The van der Waals surface area contributed by atoms with Gasteiger partial charge in [-0.1, -0.05) is 23.8 Å². The molecule has 1 aromatic carbocycles. The highest BCUT2D eigenvalue weighted by Crippen LogP contribution is 2.33. The zero-order valence-electron chi connectivity index (χ0n) is 22.5. The lowest BCUT2D eigenvalue weighted by molar-refractivity contribution is 0.122. The predicted octanol–water partition coefficient (Wildman–Crippen LogP) is 2.76. The van der Waals surface area contributed by atoms with Gasteiger partial charge in [0.1, 0.15) is 5.82 Å². The summed E-state index contributed by atoms with van der Waals surface area (Å²) < 4.78 is 36.5.